The number of nitrogens with one attached hydrogen (secondary N) is 2. The predicted molar refractivity (Wildman–Crippen MR) is 149 cm³/mol. The Morgan fingerprint density at radius 3 is 2.36 bits per heavy atom. The summed E-state index contributed by atoms with van der Waals surface area (Å²) in [6.45, 7) is 9.16. The van der Waals surface area contributed by atoms with Crippen molar-refractivity contribution in [3.05, 3.63) is 0 Å². The van der Waals surface area contributed by atoms with E-state index in [1.807, 2.05) is 6.92 Å². The van der Waals surface area contributed by atoms with Gasteiger partial charge >= 0.3 is 11.9 Å². The number of halogens is 1. The fraction of sp³-hybridized carbons (Fsp3) is 0.857. The molecule has 0 saturated carbocycles. The fourth-order valence-electron chi connectivity index (χ4n) is 5.01. The van der Waals surface area contributed by atoms with Gasteiger partial charge in [0, 0.05) is 33.0 Å². The molecular weight excluding hydrogens is 554 g/mol. The summed E-state index contributed by atoms with van der Waals surface area (Å²) in [4.78, 5) is 48.7. The maximum Gasteiger partial charge on any atom is 0.306 e. The summed E-state index contributed by atoms with van der Waals surface area (Å²) in [5, 5.41) is 16.3. The Balaban J connectivity index is 2.20. The van der Waals surface area contributed by atoms with Gasteiger partial charge in [0.25, 0.3) is 0 Å². The topological polar surface area (TPSA) is 159 Å². The van der Waals surface area contributed by atoms with Crippen molar-refractivity contribution in [2.75, 3.05) is 6.61 Å². The molecule has 2 fully saturated rings. The number of ether oxygens (including phenoxy) is 5. The molecule has 4 unspecified atom stereocenters. The van der Waals surface area contributed by atoms with E-state index < -0.39 is 97.6 Å². The van der Waals surface area contributed by atoms with Crippen LogP contribution in [0.3, 0.4) is 0 Å². The number of rotatable bonds is 14. The first kappa shape index (κ1) is 34.2. The molecule has 238 valence electrons. The van der Waals surface area contributed by atoms with Crippen LogP contribution >= 0.6 is 0 Å². The summed E-state index contributed by atoms with van der Waals surface area (Å²) >= 11 is 0. The van der Waals surface area contributed by atoms with E-state index in [2.05, 4.69) is 10.6 Å². The van der Waals surface area contributed by atoms with E-state index >= 15 is 0 Å². The normalized spacial score (nSPS) is 34.8. The highest BCUT2D eigenvalue weighted by atomic mass is 19.1. The van der Waals surface area contributed by atoms with Gasteiger partial charge in [0.2, 0.25) is 11.8 Å². The highest BCUT2D eigenvalue weighted by molar-refractivity contribution is 6.11. The molecule has 2 radical (unpaired) electrons. The second kappa shape index (κ2) is 17.1. The van der Waals surface area contributed by atoms with Crippen molar-refractivity contribution in [2.24, 2.45) is 5.92 Å². The van der Waals surface area contributed by atoms with Gasteiger partial charge in [-0.15, -0.1) is 0 Å². The SMILES string of the molecule is [2H][C@@H]1C(CO[C@@H]2OC(CC)[C@@H](C)[C@H](O)C2NC(=O)C[C@@H](C)OC(C)=O)O[C@H]([B])C(NC(=O)C[C@@H](C)F)[C@H]1OC(=O)CCC. The number of amides is 2. The van der Waals surface area contributed by atoms with Crippen LogP contribution in [0, 0.1) is 5.92 Å². The average molecular weight is 601 g/mol. The van der Waals surface area contributed by atoms with Gasteiger partial charge in [-0.2, -0.15) is 0 Å². The Morgan fingerprint density at radius 1 is 1.12 bits per heavy atom. The molecule has 0 aromatic rings. The first-order valence-corrected chi connectivity index (χ1v) is 14.6. The second-order valence-electron chi connectivity index (χ2n) is 11.0. The molecule has 14 heteroatoms. The van der Waals surface area contributed by atoms with E-state index in [1.54, 1.807) is 20.8 Å². The van der Waals surface area contributed by atoms with Crippen LogP contribution < -0.4 is 10.6 Å². The van der Waals surface area contributed by atoms with Crippen molar-refractivity contribution in [2.45, 2.75) is 141 Å². The number of aliphatic hydroxyl groups excluding tert-OH is 1. The molecule has 0 spiro atoms. The molecule has 0 bridgehead atoms. The zero-order valence-electron chi connectivity index (χ0n) is 26.2. The van der Waals surface area contributed by atoms with Gasteiger partial charge in [0.05, 0.1) is 43.8 Å². The van der Waals surface area contributed by atoms with E-state index in [-0.39, 0.29) is 25.4 Å². The smallest absolute Gasteiger partial charge is 0.306 e. The monoisotopic (exact) mass is 601 g/mol. The van der Waals surface area contributed by atoms with Crippen LogP contribution in [0.2, 0.25) is 0 Å². The number of hydrogen-bond donors (Lipinski definition) is 3. The van der Waals surface area contributed by atoms with Crippen LogP contribution in [0.1, 0.15) is 81.4 Å². The Labute approximate surface area is 249 Å². The van der Waals surface area contributed by atoms with Crippen molar-refractivity contribution in [1.82, 2.24) is 10.6 Å². The highest BCUT2D eigenvalue weighted by Crippen LogP contribution is 2.30. The van der Waals surface area contributed by atoms with Gasteiger partial charge in [-0.1, -0.05) is 20.8 Å². The lowest BCUT2D eigenvalue weighted by molar-refractivity contribution is -0.260. The van der Waals surface area contributed by atoms with Crippen molar-refractivity contribution >= 4 is 31.6 Å². The number of hydrogen-bond acceptors (Lipinski definition) is 10. The maximum atomic E-state index is 13.4. The number of esters is 2. The van der Waals surface area contributed by atoms with E-state index in [0.717, 1.165) is 0 Å². The molecule has 2 rings (SSSR count). The van der Waals surface area contributed by atoms with Gasteiger partial charge in [-0.3, -0.25) is 19.2 Å². The minimum absolute atomic E-state index is 0.0739. The van der Waals surface area contributed by atoms with Gasteiger partial charge in [0.15, 0.2) is 6.29 Å². The highest BCUT2D eigenvalue weighted by Gasteiger charge is 2.45. The van der Waals surface area contributed by atoms with Crippen LogP contribution in [0.5, 0.6) is 0 Å². The number of carbonyl (C=O) groups is 4. The third kappa shape index (κ3) is 11.1. The lowest BCUT2D eigenvalue weighted by atomic mass is 9.83. The van der Waals surface area contributed by atoms with Crippen molar-refractivity contribution in [3.63, 3.8) is 0 Å². The minimum Gasteiger partial charge on any atom is -0.462 e. The summed E-state index contributed by atoms with van der Waals surface area (Å²) in [6.07, 6.45) is -7.80. The summed E-state index contributed by atoms with van der Waals surface area (Å²) < 4.78 is 50.7. The predicted octanol–water partition coefficient (Wildman–Crippen LogP) is 1.19. The molecule has 2 saturated heterocycles. The van der Waals surface area contributed by atoms with Crippen molar-refractivity contribution in [1.29, 1.82) is 0 Å². The molecule has 0 aromatic heterocycles. The van der Waals surface area contributed by atoms with Gasteiger partial charge in [0.1, 0.15) is 32.3 Å². The first-order valence-electron chi connectivity index (χ1n) is 15.1. The molecule has 2 aliphatic rings. The van der Waals surface area contributed by atoms with Crippen LogP contribution in [0.15, 0.2) is 0 Å². The Kier molecular flexibility index (Phi) is 13.9. The molecular formula is C28H46BFN2O10. The lowest BCUT2D eigenvalue weighted by Crippen LogP contribution is -2.62. The minimum atomic E-state index is -1.42. The van der Waals surface area contributed by atoms with Gasteiger partial charge in [-0.25, -0.2) is 4.39 Å². The Morgan fingerprint density at radius 2 is 1.76 bits per heavy atom. The number of carbonyl (C=O) groups excluding carboxylic acids is 4. The second-order valence-corrected chi connectivity index (χ2v) is 11.0. The van der Waals surface area contributed by atoms with Crippen LogP contribution in [0.25, 0.3) is 0 Å². The van der Waals surface area contributed by atoms with E-state index in [9.17, 15) is 28.7 Å². The van der Waals surface area contributed by atoms with Crippen LogP contribution in [0.4, 0.5) is 4.39 Å². The quantitative estimate of drug-likeness (QED) is 0.195. The lowest BCUT2D eigenvalue weighted by Gasteiger charge is -2.45. The third-order valence-corrected chi connectivity index (χ3v) is 7.05. The van der Waals surface area contributed by atoms with E-state index in [1.165, 1.54) is 13.8 Å². The third-order valence-electron chi connectivity index (χ3n) is 7.05. The molecule has 42 heavy (non-hydrogen) atoms. The Bertz CT molecular complexity index is 949. The maximum absolute atomic E-state index is 13.4. The molecule has 2 amide bonds. The van der Waals surface area contributed by atoms with E-state index in [4.69, 9.17) is 32.9 Å². The van der Waals surface area contributed by atoms with E-state index in [0.29, 0.717) is 12.8 Å². The molecule has 2 heterocycles. The molecule has 3 N–H and O–H groups in total. The van der Waals surface area contributed by atoms with Crippen molar-refractivity contribution < 1.29 is 53.7 Å². The summed E-state index contributed by atoms with van der Waals surface area (Å²) in [5.74, 6) is -2.67. The average Bonchev–Trinajstić information content (AvgIpc) is 2.89. The van der Waals surface area contributed by atoms with Gasteiger partial charge in [-0.05, 0) is 26.7 Å². The number of aliphatic hydroxyl groups is 1. The summed E-state index contributed by atoms with van der Waals surface area (Å²) in [6, 6.07) is -3.35. The molecule has 12 atom stereocenters. The number of alkyl halides is 1. The van der Waals surface area contributed by atoms with Gasteiger partial charge < -0.3 is 39.4 Å². The molecule has 0 aliphatic carbocycles. The Hall–Kier alpha value is -2.29. The summed E-state index contributed by atoms with van der Waals surface area (Å²) in [7, 11) is 6.19. The zero-order chi connectivity index (χ0) is 32.4. The molecule has 2 aliphatic heterocycles. The fourth-order valence-corrected chi connectivity index (χ4v) is 5.01. The standard InChI is InChI=1S/C28H46BFN2O10/c1-7-9-23(36)41-20-12-18(40-27(29)24(20)31-21(34)10-14(3)30)13-38-28-25(26(37)16(5)19(8-2)42-28)32-22(35)11-15(4)39-17(6)33/h14-16,18-20,24-28,37H,7-13H2,1-6H3,(H,31,34)(H,32,35)/t14-,15-,16-,18?,19?,20+,24?,25?,26+,27+,28-/m1/s1/i12D/t12-,14-,15-,16-,18?,19?,20+,24?,25?,26+,27+,28-. The molecule has 0 aromatic carbocycles. The zero-order valence-corrected chi connectivity index (χ0v) is 25.2. The van der Waals surface area contributed by atoms with Crippen LogP contribution in [-0.4, -0.2) is 104 Å². The molecule has 12 nitrogen and oxygen atoms in total. The van der Waals surface area contributed by atoms with Crippen molar-refractivity contribution in [3.8, 4) is 0 Å². The van der Waals surface area contributed by atoms with Crippen LogP contribution in [-0.2, 0) is 42.9 Å². The first-order chi connectivity index (χ1) is 20.2. The summed E-state index contributed by atoms with van der Waals surface area (Å²) in [5.41, 5.74) is 0. The largest absolute Gasteiger partial charge is 0.462 e.